The number of rotatable bonds is 5. The SMILES string of the molecule is CCCN(CCC(=O)NC(C)(C)C)C(C)=O. The van der Waals surface area contributed by atoms with Crippen LogP contribution in [-0.2, 0) is 9.59 Å². The van der Waals surface area contributed by atoms with Crippen LogP contribution in [0.2, 0.25) is 0 Å². The quantitative estimate of drug-likeness (QED) is 0.776. The second kappa shape index (κ2) is 6.51. The van der Waals surface area contributed by atoms with Crippen molar-refractivity contribution >= 4 is 11.8 Å². The van der Waals surface area contributed by atoms with Crippen molar-refractivity contribution in [3.8, 4) is 0 Å². The third-order valence-electron chi connectivity index (χ3n) is 2.06. The molecule has 0 atom stereocenters. The number of carbonyl (C=O) groups excluding carboxylic acids is 2. The summed E-state index contributed by atoms with van der Waals surface area (Å²) >= 11 is 0. The molecule has 0 spiro atoms. The highest BCUT2D eigenvalue weighted by Gasteiger charge is 2.15. The molecular formula is C12H24N2O2. The Morgan fingerprint density at radius 1 is 1.19 bits per heavy atom. The molecular weight excluding hydrogens is 204 g/mol. The summed E-state index contributed by atoms with van der Waals surface area (Å²) in [7, 11) is 0. The van der Waals surface area contributed by atoms with Gasteiger partial charge in [-0.25, -0.2) is 0 Å². The maximum atomic E-state index is 11.5. The number of nitrogens with one attached hydrogen (secondary N) is 1. The Morgan fingerprint density at radius 3 is 2.12 bits per heavy atom. The minimum atomic E-state index is -0.205. The zero-order chi connectivity index (χ0) is 12.8. The average Bonchev–Trinajstić information content (AvgIpc) is 2.08. The van der Waals surface area contributed by atoms with E-state index in [0.717, 1.165) is 13.0 Å². The molecule has 0 aromatic rings. The normalized spacial score (nSPS) is 11.1. The third kappa shape index (κ3) is 7.26. The van der Waals surface area contributed by atoms with E-state index in [0.29, 0.717) is 13.0 Å². The van der Waals surface area contributed by atoms with Crippen molar-refractivity contribution in [1.29, 1.82) is 0 Å². The summed E-state index contributed by atoms with van der Waals surface area (Å²) in [5.41, 5.74) is -0.205. The van der Waals surface area contributed by atoms with Crippen molar-refractivity contribution in [2.75, 3.05) is 13.1 Å². The summed E-state index contributed by atoms with van der Waals surface area (Å²) in [6.07, 6.45) is 1.29. The predicted octanol–water partition coefficient (Wildman–Crippen LogP) is 1.55. The lowest BCUT2D eigenvalue weighted by Gasteiger charge is -2.23. The van der Waals surface area contributed by atoms with Crippen LogP contribution in [-0.4, -0.2) is 35.3 Å². The summed E-state index contributed by atoms with van der Waals surface area (Å²) < 4.78 is 0. The molecule has 94 valence electrons. The zero-order valence-corrected chi connectivity index (χ0v) is 11.1. The van der Waals surface area contributed by atoms with Crippen LogP contribution in [0.15, 0.2) is 0 Å². The van der Waals surface area contributed by atoms with Crippen LogP contribution in [0.3, 0.4) is 0 Å². The molecule has 0 heterocycles. The third-order valence-corrected chi connectivity index (χ3v) is 2.06. The molecule has 0 rings (SSSR count). The Kier molecular flexibility index (Phi) is 6.08. The molecule has 0 aliphatic heterocycles. The molecule has 0 unspecified atom stereocenters. The average molecular weight is 228 g/mol. The maximum Gasteiger partial charge on any atom is 0.222 e. The largest absolute Gasteiger partial charge is 0.351 e. The highest BCUT2D eigenvalue weighted by Crippen LogP contribution is 2.01. The molecule has 4 heteroatoms. The number of hydrogen-bond donors (Lipinski definition) is 1. The smallest absolute Gasteiger partial charge is 0.222 e. The first-order valence-electron chi connectivity index (χ1n) is 5.82. The predicted molar refractivity (Wildman–Crippen MR) is 65.1 cm³/mol. The van der Waals surface area contributed by atoms with Gasteiger partial charge in [0.1, 0.15) is 0 Å². The second-order valence-electron chi connectivity index (χ2n) is 5.05. The van der Waals surface area contributed by atoms with Crippen molar-refractivity contribution in [3.05, 3.63) is 0 Å². The molecule has 0 aromatic carbocycles. The monoisotopic (exact) mass is 228 g/mol. The lowest BCUT2D eigenvalue weighted by molar-refractivity contribution is -0.129. The van der Waals surface area contributed by atoms with Gasteiger partial charge in [-0.2, -0.15) is 0 Å². The van der Waals surface area contributed by atoms with Gasteiger partial charge >= 0.3 is 0 Å². The van der Waals surface area contributed by atoms with E-state index in [1.807, 2.05) is 27.7 Å². The van der Waals surface area contributed by atoms with Gasteiger partial charge < -0.3 is 10.2 Å². The number of amides is 2. The Hall–Kier alpha value is -1.06. The Balaban J connectivity index is 4.01. The van der Waals surface area contributed by atoms with Gasteiger partial charge in [-0.1, -0.05) is 6.92 Å². The minimum absolute atomic E-state index is 0.00477. The van der Waals surface area contributed by atoms with Gasteiger partial charge in [0.05, 0.1) is 0 Å². The fourth-order valence-corrected chi connectivity index (χ4v) is 1.41. The highest BCUT2D eigenvalue weighted by molar-refractivity contribution is 5.78. The fraction of sp³-hybridized carbons (Fsp3) is 0.833. The summed E-state index contributed by atoms with van der Waals surface area (Å²) in [4.78, 5) is 24.5. The highest BCUT2D eigenvalue weighted by atomic mass is 16.2. The summed E-state index contributed by atoms with van der Waals surface area (Å²) in [5.74, 6) is 0.0280. The first-order chi connectivity index (χ1) is 7.26. The van der Waals surface area contributed by atoms with Crippen LogP contribution in [0.4, 0.5) is 0 Å². The Morgan fingerprint density at radius 2 is 1.75 bits per heavy atom. The molecule has 16 heavy (non-hydrogen) atoms. The van der Waals surface area contributed by atoms with Crippen LogP contribution in [0.25, 0.3) is 0 Å². The fourth-order valence-electron chi connectivity index (χ4n) is 1.41. The van der Waals surface area contributed by atoms with Gasteiger partial charge in [0.2, 0.25) is 11.8 Å². The molecule has 0 aromatic heterocycles. The first-order valence-corrected chi connectivity index (χ1v) is 5.82. The van der Waals surface area contributed by atoms with Crippen molar-refractivity contribution in [1.82, 2.24) is 10.2 Å². The van der Waals surface area contributed by atoms with Crippen LogP contribution < -0.4 is 5.32 Å². The van der Waals surface area contributed by atoms with Gasteiger partial charge in [-0.3, -0.25) is 9.59 Å². The molecule has 0 aliphatic carbocycles. The van der Waals surface area contributed by atoms with Gasteiger partial charge in [0.15, 0.2) is 0 Å². The lowest BCUT2D eigenvalue weighted by Crippen LogP contribution is -2.42. The van der Waals surface area contributed by atoms with Gasteiger partial charge in [0, 0.05) is 32.0 Å². The summed E-state index contributed by atoms with van der Waals surface area (Å²) in [6.45, 7) is 10.6. The van der Waals surface area contributed by atoms with Crippen LogP contribution in [0.5, 0.6) is 0 Å². The molecule has 0 aliphatic rings. The van der Waals surface area contributed by atoms with Crippen molar-refractivity contribution < 1.29 is 9.59 Å². The number of nitrogens with zero attached hydrogens (tertiary/aromatic N) is 1. The number of hydrogen-bond acceptors (Lipinski definition) is 2. The van der Waals surface area contributed by atoms with E-state index in [1.165, 1.54) is 6.92 Å². The Labute approximate surface area is 98.4 Å². The van der Waals surface area contributed by atoms with Crippen LogP contribution in [0.1, 0.15) is 47.5 Å². The topological polar surface area (TPSA) is 49.4 Å². The summed E-state index contributed by atoms with van der Waals surface area (Å²) in [6, 6.07) is 0. The van der Waals surface area contributed by atoms with Gasteiger partial charge in [-0.15, -0.1) is 0 Å². The number of carbonyl (C=O) groups is 2. The van der Waals surface area contributed by atoms with Crippen LogP contribution in [0, 0.1) is 0 Å². The molecule has 0 fully saturated rings. The lowest BCUT2D eigenvalue weighted by atomic mass is 10.1. The van der Waals surface area contributed by atoms with Crippen LogP contribution >= 0.6 is 0 Å². The van der Waals surface area contributed by atoms with E-state index in [4.69, 9.17) is 0 Å². The zero-order valence-electron chi connectivity index (χ0n) is 11.1. The molecule has 0 bridgehead atoms. The molecule has 4 nitrogen and oxygen atoms in total. The van der Waals surface area contributed by atoms with Gasteiger partial charge in [0.25, 0.3) is 0 Å². The van der Waals surface area contributed by atoms with E-state index in [-0.39, 0.29) is 17.4 Å². The Bertz CT molecular complexity index is 244. The molecule has 1 N–H and O–H groups in total. The molecule has 0 saturated heterocycles. The van der Waals surface area contributed by atoms with E-state index in [1.54, 1.807) is 4.90 Å². The van der Waals surface area contributed by atoms with Gasteiger partial charge in [-0.05, 0) is 27.2 Å². The minimum Gasteiger partial charge on any atom is -0.351 e. The van der Waals surface area contributed by atoms with E-state index >= 15 is 0 Å². The maximum absolute atomic E-state index is 11.5. The molecule has 0 saturated carbocycles. The van der Waals surface area contributed by atoms with Crippen molar-refractivity contribution in [2.45, 2.75) is 53.0 Å². The van der Waals surface area contributed by atoms with Crippen molar-refractivity contribution in [2.24, 2.45) is 0 Å². The standard InChI is InChI=1S/C12H24N2O2/c1-6-8-14(10(2)15)9-7-11(16)13-12(3,4)5/h6-9H2,1-5H3,(H,13,16). The second-order valence-corrected chi connectivity index (χ2v) is 5.05. The summed E-state index contributed by atoms with van der Waals surface area (Å²) in [5, 5.41) is 2.88. The van der Waals surface area contributed by atoms with E-state index in [9.17, 15) is 9.59 Å². The molecule has 2 amide bonds. The van der Waals surface area contributed by atoms with Crippen molar-refractivity contribution in [3.63, 3.8) is 0 Å². The molecule has 0 radical (unpaired) electrons. The van der Waals surface area contributed by atoms with E-state index < -0.39 is 0 Å². The van der Waals surface area contributed by atoms with E-state index in [2.05, 4.69) is 5.32 Å². The first kappa shape index (κ1) is 14.9.